The van der Waals surface area contributed by atoms with Gasteiger partial charge < -0.3 is 15.4 Å². The quantitative estimate of drug-likeness (QED) is 0.839. The van der Waals surface area contributed by atoms with Crippen LogP contribution in [-0.2, 0) is 11.8 Å². The molecule has 0 radical (unpaired) electrons. The van der Waals surface area contributed by atoms with Gasteiger partial charge in [-0.05, 0) is 61.3 Å². The number of benzene rings is 1. The molecular weight excluding hydrogens is 312 g/mol. The number of amides is 1. The number of carbonyl (C=O) groups is 1. The average molecular weight is 342 g/mol. The lowest BCUT2D eigenvalue weighted by atomic mass is 9.60. The van der Waals surface area contributed by atoms with Crippen LogP contribution in [-0.4, -0.2) is 30.1 Å². The van der Waals surface area contributed by atoms with Crippen LogP contribution >= 0.6 is 0 Å². The Kier molecular flexibility index (Phi) is 4.48. The predicted molar refractivity (Wildman–Crippen MR) is 98.9 cm³/mol. The van der Waals surface area contributed by atoms with E-state index in [0.29, 0.717) is 11.7 Å². The Labute approximate surface area is 150 Å². The molecule has 4 heteroatoms. The second kappa shape index (κ2) is 6.64. The summed E-state index contributed by atoms with van der Waals surface area (Å²) >= 11 is 0. The Morgan fingerprint density at radius 2 is 2.00 bits per heavy atom. The van der Waals surface area contributed by atoms with Crippen molar-refractivity contribution in [3.8, 4) is 5.75 Å². The first-order valence-electron chi connectivity index (χ1n) is 9.94. The van der Waals surface area contributed by atoms with Crippen LogP contribution in [0.3, 0.4) is 0 Å². The van der Waals surface area contributed by atoms with E-state index in [1.807, 2.05) is 6.07 Å². The third kappa shape index (κ3) is 3.05. The Balaban J connectivity index is 1.62. The van der Waals surface area contributed by atoms with E-state index in [0.717, 1.165) is 38.8 Å². The molecule has 1 amide bonds. The van der Waals surface area contributed by atoms with Gasteiger partial charge in [-0.3, -0.25) is 0 Å². The molecule has 3 aliphatic rings. The molecule has 1 aromatic rings. The summed E-state index contributed by atoms with van der Waals surface area (Å²) in [5, 5.41) is 0. The van der Waals surface area contributed by atoms with E-state index in [2.05, 4.69) is 19.1 Å². The average Bonchev–Trinajstić information content (AvgIpc) is 3.14. The van der Waals surface area contributed by atoms with Crippen LogP contribution in [0, 0.1) is 5.92 Å². The maximum atomic E-state index is 12.3. The van der Waals surface area contributed by atoms with Gasteiger partial charge >= 0.3 is 6.09 Å². The molecular formula is C21H30N2O2. The number of nitrogens with two attached hydrogens (primary N) is 1. The molecule has 4 rings (SSSR count). The van der Waals surface area contributed by atoms with Gasteiger partial charge in [0.25, 0.3) is 0 Å². The largest absolute Gasteiger partial charge is 0.415 e. The minimum absolute atomic E-state index is 0.00523. The van der Waals surface area contributed by atoms with Crippen molar-refractivity contribution in [2.24, 2.45) is 11.7 Å². The zero-order chi connectivity index (χ0) is 17.4. The van der Waals surface area contributed by atoms with Crippen molar-refractivity contribution >= 4 is 6.09 Å². The van der Waals surface area contributed by atoms with Gasteiger partial charge in [-0.1, -0.05) is 32.3 Å². The number of hydrogen-bond acceptors (Lipinski definition) is 3. The number of ether oxygens (including phenoxy) is 1. The van der Waals surface area contributed by atoms with Crippen molar-refractivity contribution in [1.82, 2.24) is 4.90 Å². The second-order valence-electron chi connectivity index (χ2n) is 8.39. The predicted octanol–water partition coefficient (Wildman–Crippen LogP) is 4.00. The molecule has 2 fully saturated rings. The van der Waals surface area contributed by atoms with Gasteiger partial charge in [0.05, 0.1) is 0 Å². The first-order valence-corrected chi connectivity index (χ1v) is 9.94. The van der Waals surface area contributed by atoms with E-state index in [-0.39, 0.29) is 17.6 Å². The molecule has 1 saturated heterocycles. The molecule has 1 aliphatic heterocycles. The third-order valence-electron chi connectivity index (χ3n) is 6.76. The highest BCUT2D eigenvalue weighted by molar-refractivity contribution is 5.71. The summed E-state index contributed by atoms with van der Waals surface area (Å²) in [6.07, 6.45) is 9.20. The molecule has 1 aromatic carbocycles. The van der Waals surface area contributed by atoms with Crippen LogP contribution in [0.5, 0.6) is 5.75 Å². The molecule has 2 bridgehead atoms. The summed E-state index contributed by atoms with van der Waals surface area (Å²) in [6.45, 7) is 3.95. The number of hydrogen-bond donors (Lipinski definition) is 1. The lowest BCUT2D eigenvalue weighted by molar-refractivity contribution is 0.162. The Morgan fingerprint density at radius 3 is 2.80 bits per heavy atom. The van der Waals surface area contributed by atoms with Crippen molar-refractivity contribution in [1.29, 1.82) is 0 Å². The summed E-state index contributed by atoms with van der Waals surface area (Å²) in [4.78, 5) is 14.1. The van der Waals surface area contributed by atoms with Crippen molar-refractivity contribution in [3.05, 3.63) is 29.3 Å². The van der Waals surface area contributed by atoms with Crippen LogP contribution in [0.25, 0.3) is 0 Å². The Morgan fingerprint density at radius 1 is 1.20 bits per heavy atom. The molecule has 3 atom stereocenters. The summed E-state index contributed by atoms with van der Waals surface area (Å²) in [7, 11) is 0. The summed E-state index contributed by atoms with van der Waals surface area (Å²) in [5.41, 5.74) is 9.44. The third-order valence-corrected chi connectivity index (χ3v) is 6.76. The highest BCUT2D eigenvalue weighted by Crippen LogP contribution is 2.46. The fraction of sp³-hybridized carbons (Fsp3) is 0.667. The highest BCUT2D eigenvalue weighted by atomic mass is 16.6. The molecule has 2 aliphatic carbocycles. The molecule has 0 aromatic heterocycles. The lowest BCUT2D eigenvalue weighted by Gasteiger charge is -2.47. The van der Waals surface area contributed by atoms with Gasteiger partial charge in [-0.2, -0.15) is 0 Å². The van der Waals surface area contributed by atoms with E-state index in [1.54, 1.807) is 4.90 Å². The molecule has 2 N–H and O–H groups in total. The molecule has 0 spiro atoms. The van der Waals surface area contributed by atoms with Crippen LogP contribution in [0.15, 0.2) is 18.2 Å². The van der Waals surface area contributed by atoms with E-state index < -0.39 is 0 Å². The van der Waals surface area contributed by atoms with Gasteiger partial charge in [-0.15, -0.1) is 0 Å². The van der Waals surface area contributed by atoms with Crippen molar-refractivity contribution in [2.75, 3.05) is 13.1 Å². The van der Waals surface area contributed by atoms with E-state index >= 15 is 0 Å². The van der Waals surface area contributed by atoms with E-state index in [4.69, 9.17) is 10.5 Å². The van der Waals surface area contributed by atoms with Crippen LogP contribution in [0.2, 0.25) is 0 Å². The Bertz CT molecular complexity index is 653. The minimum atomic E-state index is -0.210. The Hall–Kier alpha value is -1.55. The van der Waals surface area contributed by atoms with Gasteiger partial charge in [0.2, 0.25) is 0 Å². The molecule has 1 heterocycles. The first-order chi connectivity index (χ1) is 12.1. The van der Waals surface area contributed by atoms with Crippen LogP contribution in [0.1, 0.15) is 63.0 Å². The van der Waals surface area contributed by atoms with Gasteiger partial charge in [0.1, 0.15) is 5.75 Å². The monoisotopic (exact) mass is 342 g/mol. The first kappa shape index (κ1) is 16.9. The number of nitrogens with zero attached hydrogens (tertiary/aromatic N) is 1. The summed E-state index contributed by atoms with van der Waals surface area (Å²) in [6, 6.07) is 6.43. The smallest absolute Gasteiger partial charge is 0.410 e. The molecule has 0 unspecified atom stereocenters. The van der Waals surface area contributed by atoms with Crippen LogP contribution in [0.4, 0.5) is 4.79 Å². The van der Waals surface area contributed by atoms with E-state index in [1.165, 1.54) is 36.8 Å². The van der Waals surface area contributed by atoms with Gasteiger partial charge in [-0.25, -0.2) is 4.79 Å². The molecule has 1 saturated carbocycles. The standard InChI is InChI=1S/C21H30N2O2/c1-21-10-4-2-3-7-16(19(21)22)13-15-8-9-17(14-18(15)21)25-20(24)23-11-5-6-12-23/h8-9,14,16,19H,2-7,10-13,22H2,1H3/t16-,19-,21+/m0/s1. The number of carbonyl (C=O) groups excluding carboxylic acids is 1. The van der Waals surface area contributed by atoms with Crippen LogP contribution < -0.4 is 10.5 Å². The van der Waals surface area contributed by atoms with Crippen molar-refractivity contribution < 1.29 is 9.53 Å². The molecule has 136 valence electrons. The maximum absolute atomic E-state index is 12.3. The highest BCUT2D eigenvalue weighted by Gasteiger charge is 2.43. The molecule has 4 nitrogen and oxygen atoms in total. The van der Waals surface area contributed by atoms with E-state index in [9.17, 15) is 4.79 Å². The fourth-order valence-corrected chi connectivity index (χ4v) is 5.16. The molecule has 25 heavy (non-hydrogen) atoms. The van der Waals surface area contributed by atoms with Gasteiger partial charge in [0, 0.05) is 24.5 Å². The number of rotatable bonds is 1. The van der Waals surface area contributed by atoms with Crippen molar-refractivity contribution in [3.63, 3.8) is 0 Å². The van der Waals surface area contributed by atoms with Crippen molar-refractivity contribution in [2.45, 2.75) is 69.7 Å². The number of fused-ring (bicyclic) bond motifs is 4. The second-order valence-corrected chi connectivity index (χ2v) is 8.39. The maximum Gasteiger partial charge on any atom is 0.415 e. The lowest BCUT2D eigenvalue weighted by Crippen LogP contribution is -2.52. The SMILES string of the molecule is C[C@@]12CCCCC[C@@H](Cc3ccc(OC(=O)N4CCCC4)cc31)[C@@H]2N. The topological polar surface area (TPSA) is 55.6 Å². The summed E-state index contributed by atoms with van der Waals surface area (Å²) < 4.78 is 5.68. The zero-order valence-corrected chi connectivity index (χ0v) is 15.3. The van der Waals surface area contributed by atoms with Gasteiger partial charge in [0.15, 0.2) is 0 Å². The summed E-state index contributed by atoms with van der Waals surface area (Å²) in [5.74, 6) is 1.25. The zero-order valence-electron chi connectivity index (χ0n) is 15.3. The minimum Gasteiger partial charge on any atom is -0.410 e. The number of likely N-dealkylation sites (tertiary alicyclic amines) is 1. The fourth-order valence-electron chi connectivity index (χ4n) is 5.16. The normalized spacial score (nSPS) is 31.8.